The highest BCUT2D eigenvalue weighted by molar-refractivity contribution is 6.42. The number of ether oxygens (including phenoxy) is 1. The SMILES string of the molecule is CCOC(=O)c1cc2cc(Cl)c(Cl)cc2nc1N1CCCC(F)(F)CC1. The van der Waals surface area contributed by atoms with Crippen molar-refractivity contribution < 1.29 is 18.3 Å². The number of carbonyl (C=O) groups is 1. The number of benzene rings is 1. The number of hydrogen-bond donors (Lipinski definition) is 0. The molecule has 0 radical (unpaired) electrons. The fourth-order valence-electron chi connectivity index (χ4n) is 3.03. The molecule has 1 aromatic heterocycles. The molecule has 140 valence electrons. The first-order valence-electron chi connectivity index (χ1n) is 8.40. The van der Waals surface area contributed by atoms with Crippen LogP contribution in [0, 0.1) is 0 Å². The molecular formula is C18H18Cl2F2N2O2. The van der Waals surface area contributed by atoms with Gasteiger partial charge in [0, 0.05) is 31.3 Å². The highest BCUT2D eigenvalue weighted by Crippen LogP contribution is 2.34. The van der Waals surface area contributed by atoms with Crippen molar-refractivity contribution >= 4 is 45.9 Å². The van der Waals surface area contributed by atoms with Gasteiger partial charge in [0.25, 0.3) is 0 Å². The largest absolute Gasteiger partial charge is 0.462 e. The fraction of sp³-hybridized carbons (Fsp3) is 0.444. The van der Waals surface area contributed by atoms with E-state index in [0.29, 0.717) is 39.7 Å². The predicted molar refractivity (Wildman–Crippen MR) is 98.7 cm³/mol. The van der Waals surface area contributed by atoms with Crippen LogP contribution in [0.15, 0.2) is 18.2 Å². The standard InChI is InChI=1S/C18H18Cl2F2N2O2/c1-2-26-17(25)12-8-11-9-13(19)14(20)10-15(11)23-16(12)24-6-3-4-18(21,22)5-7-24/h8-10H,2-7H2,1H3. The van der Waals surface area contributed by atoms with Crippen molar-refractivity contribution in [2.45, 2.75) is 32.1 Å². The summed E-state index contributed by atoms with van der Waals surface area (Å²) in [6, 6.07) is 4.85. The Kier molecular flexibility index (Phi) is 5.53. The number of pyridine rings is 1. The molecule has 1 aliphatic heterocycles. The number of nitrogens with zero attached hydrogens (tertiary/aromatic N) is 2. The molecule has 0 aliphatic carbocycles. The summed E-state index contributed by atoms with van der Waals surface area (Å²) in [6.45, 7) is 2.41. The average Bonchev–Trinajstić information content (AvgIpc) is 2.76. The second-order valence-electron chi connectivity index (χ2n) is 6.24. The number of esters is 1. The van der Waals surface area contributed by atoms with E-state index in [1.165, 1.54) is 0 Å². The average molecular weight is 403 g/mol. The number of hydrogen-bond acceptors (Lipinski definition) is 4. The maximum Gasteiger partial charge on any atom is 0.341 e. The van der Waals surface area contributed by atoms with Gasteiger partial charge in [0.15, 0.2) is 0 Å². The van der Waals surface area contributed by atoms with Crippen LogP contribution in [0.5, 0.6) is 0 Å². The van der Waals surface area contributed by atoms with Gasteiger partial charge in [-0.1, -0.05) is 23.2 Å². The van der Waals surface area contributed by atoms with Gasteiger partial charge in [-0.25, -0.2) is 18.6 Å². The summed E-state index contributed by atoms with van der Waals surface area (Å²) < 4.78 is 32.5. The Morgan fingerprint density at radius 3 is 2.69 bits per heavy atom. The topological polar surface area (TPSA) is 42.4 Å². The van der Waals surface area contributed by atoms with Crippen molar-refractivity contribution in [3.05, 3.63) is 33.8 Å². The molecule has 2 aromatic rings. The minimum absolute atomic E-state index is 0.110. The van der Waals surface area contributed by atoms with Crippen molar-refractivity contribution in [1.29, 1.82) is 0 Å². The first-order valence-corrected chi connectivity index (χ1v) is 9.16. The number of fused-ring (bicyclic) bond motifs is 1. The second kappa shape index (κ2) is 7.53. The molecule has 0 unspecified atom stereocenters. The quantitative estimate of drug-likeness (QED) is 0.649. The number of carbonyl (C=O) groups excluding carboxylic acids is 1. The van der Waals surface area contributed by atoms with Crippen LogP contribution in [0.3, 0.4) is 0 Å². The van der Waals surface area contributed by atoms with Gasteiger partial charge in [0.05, 0.1) is 22.2 Å². The van der Waals surface area contributed by atoms with Crippen LogP contribution in [0.2, 0.25) is 10.0 Å². The van der Waals surface area contributed by atoms with Gasteiger partial charge in [-0.2, -0.15) is 0 Å². The minimum atomic E-state index is -2.70. The highest BCUT2D eigenvalue weighted by Gasteiger charge is 2.33. The van der Waals surface area contributed by atoms with E-state index in [1.807, 2.05) is 0 Å². The van der Waals surface area contributed by atoms with Crippen LogP contribution in [0.4, 0.5) is 14.6 Å². The fourth-order valence-corrected chi connectivity index (χ4v) is 3.36. The predicted octanol–water partition coefficient (Wildman–Crippen LogP) is 5.34. The monoisotopic (exact) mass is 402 g/mol. The lowest BCUT2D eigenvalue weighted by Crippen LogP contribution is -2.28. The van der Waals surface area contributed by atoms with E-state index in [2.05, 4.69) is 4.98 Å². The molecule has 0 amide bonds. The molecule has 0 saturated carbocycles. The normalized spacial score (nSPS) is 17.2. The van der Waals surface area contributed by atoms with Gasteiger partial charge in [0.2, 0.25) is 5.92 Å². The van der Waals surface area contributed by atoms with Gasteiger partial charge < -0.3 is 9.64 Å². The Balaban J connectivity index is 2.10. The Labute approximate surface area is 160 Å². The van der Waals surface area contributed by atoms with Crippen LogP contribution in [0.25, 0.3) is 10.9 Å². The van der Waals surface area contributed by atoms with Crippen molar-refractivity contribution in [2.75, 3.05) is 24.6 Å². The number of halogens is 4. The first-order chi connectivity index (χ1) is 12.3. The van der Waals surface area contributed by atoms with Gasteiger partial charge in [-0.3, -0.25) is 0 Å². The van der Waals surface area contributed by atoms with Crippen molar-refractivity contribution in [2.24, 2.45) is 0 Å². The maximum absolute atomic E-state index is 13.7. The van der Waals surface area contributed by atoms with Crippen molar-refractivity contribution in [1.82, 2.24) is 4.98 Å². The summed E-state index contributed by atoms with van der Waals surface area (Å²) in [7, 11) is 0. The lowest BCUT2D eigenvalue weighted by atomic mass is 10.1. The van der Waals surface area contributed by atoms with E-state index < -0.39 is 11.9 Å². The Hall–Kier alpha value is -1.66. The van der Waals surface area contributed by atoms with Gasteiger partial charge >= 0.3 is 5.97 Å². The zero-order valence-electron chi connectivity index (χ0n) is 14.2. The maximum atomic E-state index is 13.7. The van der Waals surface area contributed by atoms with Crippen LogP contribution in [0.1, 0.15) is 36.5 Å². The summed E-state index contributed by atoms with van der Waals surface area (Å²) in [6.07, 6.45) is -0.139. The molecule has 0 atom stereocenters. The van der Waals surface area contributed by atoms with E-state index in [4.69, 9.17) is 27.9 Å². The molecule has 3 rings (SSSR count). The third-order valence-electron chi connectivity index (χ3n) is 4.35. The molecule has 1 saturated heterocycles. The summed E-state index contributed by atoms with van der Waals surface area (Å²) in [5.41, 5.74) is 0.779. The third kappa shape index (κ3) is 4.01. The number of alkyl halides is 2. The number of rotatable bonds is 3. The first kappa shape index (κ1) is 19.1. The smallest absolute Gasteiger partial charge is 0.341 e. The molecule has 4 nitrogen and oxygen atoms in total. The summed E-state index contributed by atoms with van der Waals surface area (Å²) >= 11 is 12.1. The Morgan fingerprint density at radius 1 is 1.23 bits per heavy atom. The van der Waals surface area contributed by atoms with Crippen LogP contribution >= 0.6 is 23.2 Å². The Bertz CT molecular complexity index is 846. The lowest BCUT2D eigenvalue weighted by Gasteiger charge is -2.24. The zero-order chi connectivity index (χ0) is 18.9. The van der Waals surface area contributed by atoms with E-state index in [-0.39, 0.29) is 31.6 Å². The van der Waals surface area contributed by atoms with Gasteiger partial charge in [-0.05, 0) is 31.5 Å². The number of aromatic nitrogens is 1. The molecule has 2 heterocycles. The lowest BCUT2D eigenvalue weighted by molar-refractivity contribution is -0.0102. The Morgan fingerprint density at radius 2 is 1.96 bits per heavy atom. The van der Waals surface area contributed by atoms with Gasteiger partial charge in [0.1, 0.15) is 11.4 Å². The highest BCUT2D eigenvalue weighted by atomic mass is 35.5. The third-order valence-corrected chi connectivity index (χ3v) is 5.07. The second-order valence-corrected chi connectivity index (χ2v) is 7.05. The molecular weight excluding hydrogens is 385 g/mol. The van der Waals surface area contributed by atoms with E-state index in [9.17, 15) is 13.6 Å². The van der Waals surface area contributed by atoms with E-state index in [1.54, 1.807) is 30.0 Å². The molecule has 8 heteroatoms. The van der Waals surface area contributed by atoms with E-state index in [0.717, 1.165) is 0 Å². The van der Waals surface area contributed by atoms with Crippen LogP contribution in [-0.4, -0.2) is 36.6 Å². The summed E-state index contributed by atoms with van der Waals surface area (Å²) in [4.78, 5) is 18.7. The zero-order valence-corrected chi connectivity index (χ0v) is 15.7. The molecule has 1 aliphatic rings. The van der Waals surface area contributed by atoms with Crippen LogP contribution in [-0.2, 0) is 4.74 Å². The summed E-state index contributed by atoms with van der Waals surface area (Å²) in [5.74, 6) is -2.90. The molecule has 0 N–H and O–H groups in total. The minimum Gasteiger partial charge on any atom is -0.462 e. The van der Waals surface area contributed by atoms with Crippen molar-refractivity contribution in [3.63, 3.8) is 0 Å². The van der Waals surface area contributed by atoms with Crippen molar-refractivity contribution in [3.8, 4) is 0 Å². The molecule has 0 bridgehead atoms. The molecule has 1 aromatic carbocycles. The summed E-state index contributed by atoms with van der Waals surface area (Å²) in [5, 5.41) is 1.31. The number of anilines is 1. The van der Waals surface area contributed by atoms with E-state index >= 15 is 0 Å². The molecule has 1 fully saturated rings. The van der Waals surface area contributed by atoms with Crippen LogP contribution < -0.4 is 4.90 Å². The van der Waals surface area contributed by atoms with Gasteiger partial charge in [-0.15, -0.1) is 0 Å². The molecule has 26 heavy (non-hydrogen) atoms. The molecule has 0 spiro atoms.